The van der Waals surface area contributed by atoms with Crippen LogP contribution in [0.25, 0.3) is 0 Å². The number of isocyanates is 1. The third kappa shape index (κ3) is 2.55. The first kappa shape index (κ1) is 13.8. The van der Waals surface area contributed by atoms with Gasteiger partial charge >= 0.3 is 6.18 Å². The van der Waals surface area contributed by atoms with Crippen molar-refractivity contribution < 1.29 is 23.1 Å². The van der Waals surface area contributed by atoms with E-state index < -0.39 is 22.9 Å². The largest absolute Gasteiger partial charge is 0.416 e. The topological polar surface area (TPSA) is 49.7 Å². The van der Waals surface area contributed by atoms with Crippen molar-refractivity contribution in [3.05, 3.63) is 35.4 Å². The van der Waals surface area contributed by atoms with Crippen LogP contribution >= 0.6 is 0 Å². The summed E-state index contributed by atoms with van der Waals surface area (Å²) in [7, 11) is 0. The average Bonchev–Trinajstić information content (AvgIpc) is 2.25. The van der Waals surface area contributed by atoms with E-state index in [0.717, 1.165) is 12.1 Å². The molecule has 2 rings (SSSR count). The zero-order valence-corrected chi connectivity index (χ0v) is 10.2. The first-order valence-corrected chi connectivity index (χ1v) is 5.68. The van der Waals surface area contributed by atoms with Crippen molar-refractivity contribution >= 4 is 6.08 Å². The van der Waals surface area contributed by atoms with Gasteiger partial charge < -0.3 is 5.11 Å². The number of nitrogens with zero attached hydrogens (tertiary/aromatic N) is 1. The lowest BCUT2D eigenvalue weighted by molar-refractivity contribution is -0.137. The fraction of sp³-hybridized carbons (Fsp3) is 0.462. The molecule has 102 valence electrons. The molecule has 0 aromatic heterocycles. The SMILES string of the molecule is CC1(O)CC(N=C=O)(c2ccc(C(F)(F)F)cc2)C1. The van der Waals surface area contributed by atoms with E-state index in [1.807, 2.05) is 0 Å². The van der Waals surface area contributed by atoms with Gasteiger partial charge in [0.15, 0.2) is 0 Å². The second-order valence-corrected chi connectivity index (χ2v) is 5.16. The van der Waals surface area contributed by atoms with E-state index in [9.17, 15) is 23.1 Å². The Morgan fingerprint density at radius 2 is 1.79 bits per heavy atom. The Morgan fingerprint density at radius 1 is 1.26 bits per heavy atom. The monoisotopic (exact) mass is 271 g/mol. The normalized spacial score (nSPS) is 30.4. The molecule has 0 spiro atoms. The van der Waals surface area contributed by atoms with E-state index in [1.165, 1.54) is 18.2 Å². The van der Waals surface area contributed by atoms with Crippen molar-refractivity contribution in [1.29, 1.82) is 0 Å². The number of hydrogen-bond acceptors (Lipinski definition) is 3. The maximum absolute atomic E-state index is 12.5. The molecule has 0 unspecified atom stereocenters. The molecule has 6 heteroatoms. The molecule has 1 aliphatic rings. The highest BCUT2D eigenvalue weighted by Crippen LogP contribution is 2.51. The van der Waals surface area contributed by atoms with Gasteiger partial charge in [0, 0.05) is 12.8 Å². The molecule has 19 heavy (non-hydrogen) atoms. The molecule has 1 aromatic carbocycles. The smallest absolute Gasteiger partial charge is 0.390 e. The molecule has 0 radical (unpaired) electrons. The quantitative estimate of drug-likeness (QED) is 0.664. The molecule has 1 aliphatic carbocycles. The van der Waals surface area contributed by atoms with Gasteiger partial charge in [0.25, 0.3) is 0 Å². The highest BCUT2D eigenvalue weighted by Gasteiger charge is 2.52. The Balaban J connectivity index is 2.33. The Morgan fingerprint density at radius 3 is 2.16 bits per heavy atom. The molecular formula is C13H12F3NO2. The number of halogens is 3. The van der Waals surface area contributed by atoms with Crippen molar-refractivity contribution in [2.45, 2.75) is 37.1 Å². The zero-order valence-electron chi connectivity index (χ0n) is 10.2. The van der Waals surface area contributed by atoms with Gasteiger partial charge in [-0.3, -0.25) is 0 Å². The predicted molar refractivity (Wildman–Crippen MR) is 61.1 cm³/mol. The minimum atomic E-state index is -4.40. The molecule has 0 amide bonds. The van der Waals surface area contributed by atoms with Crippen LogP contribution < -0.4 is 0 Å². The Labute approximate surface area is 107 Å². The van der Waals surface area contributed by atoms with Gasteiger partial charge in [0.2, 0.25) is 6.08 Å². The number of carbonyl (C=O) groups excluding carboxylic acids is 1. The van der Waals surface area contributed by atoms with Crippen LogP contribution in [0.5, 0.6) is 0 Å². The number of aliphatic hydroxyl groups is 1. The summed E-state index contributed by atoms with van der Waals surface area (Å²) < 4.78 is 37.4. The van der Waals surface area contributed by atoms with E-state index in [4.69, 9.17) is 0 Å². The third-order valence-corrected chi connectivity index (χ3v) is 3.36. The number of benzene rings is 1. The summed E-state index contributed by atoms with van der Waals surface area (Å²) >= 11 is 0. The van der Waals surface area contributed by atoms with Crippen molar-refractivity contribution in [3.8, 4) is 0 Å². The van der Waals surface area contributed by atoms with Crippen molar-refractivity contribution in [1.82, 2.24) is 0 Å². The molecule has 0 bridgehead atoms. The third-order valence-electron chi connectivity index (χ3n) is 3.36. The van der Waals surface area contributed by atoms with Crippen LogP contribution in [0, 0.1) is 0 Å². The fourth-order valence-electron chi connectivity index (χ4n) is 2.61. The lowest BCUT2D eigenvalue weighted by Crippen LogP contribution is -2.51. The molecule has 0 heterocycles. The minimum Gasteiger partial charge on any atom is -0.390 e. The van der Waals surface area contributed by atoms with Crippen molar-refractivity contribution in [3.63, 3.8) is 0 Å². The summed E-state index contributed by atoms with van der Waals surface area (Å²) in [6, 6.07) is 4.48. The van der Waals surface area contributed by atoms with Crippen LogP contribution in [-0.2, 0) is 16.5 Å². The summed E-state index contributed by atoms with van der Waals surface area (Å²) in [6.07, 6.45) is -2.57. The van der Waals surface area contributed by atoms with Crippen LogP contribution in [0.15, 0.2) is 29.3 Å². The number of alkyl halides is 3. The van der Waals surface area contributed by atoms with Crippen molar-refractivity contribution in [2.75, 3.05) is 0 Å². The van der Waals surface area contributed by atoms with Crippen LogP contribution in [0.3, 0.4) is 0 Å². The van der Waals surface area contributed by atoms with Crippen LogP contribution in [0.1, 0.15) is 30.9 Å². The Bertz CT molecular complexity index is 520. The lowest BCUT2D eigenvalue weighted by Gasteiger charge is -2.48. The molecule has 1 aromatic rings. The van der Waals surface area contributed by atoms with Gasteiger partial charge in [-0.1, -0.05) is 12.1 Å². The van der Waals surface area contributed by atoms with Gasteiger partial charge in [-0.05, 0) is 24.6 Å². The number of hydrogen-bond donors (Lipinski definition) is 1. The molecule has 1 fully saturated rings. The second-order valence-electron chi connectivity index (χ2n) is 5.16. The van der Waals surface area contributed by atoms with E-state index in [2.05, 4.69) is 4.99 Å². The summed E-state index contributed by atoms with van der Waals surface area (Å²) in [6.45, 7) is 1.59. The van der Waals surface area contributed by atoms with E-state index >= 15 is 0 Å². The zero-order chi connectivity index (χ0) is 14.3. The summed E-state index contributed by atoms with van der Waals surface area (Å²) in [5.74, 6) is 0. The molecule has 1 saturated carbocycles. The van der Waals surface area contributed by atoms with Gasteiger partial charge in [0.05, 0.1) is 11.2 Å². The first-order valence-electron chi connectivity index (χ1n) is 5.68. The van der Waals surface area contributed by atoms with Crippen molar-refractivity contribution in [2.24, 2.45) is 4.99 Å². The Hall–Kier alpha value is -1.65. The maximum Gasteiger partial charge on any atom is 0.416 e. The molecule has 0 atom stereocenters. The molecule has 0 aliphatic heterocycles. The van der Waals surface area contributed by atoms with Crippen LogP contribution in [0.4, 0.5) is 13.2 Å². The Kier molecular flexibility index (Phi) is 3.03. The molecule has 1 N–H and O–H groups in total. The maximum atomic E-state index is 12.5. The van der Waals surface area contributed by atoms with Crippen LogP contribution in [-0.4, -0.2) is 16.8 Å². The van der Waals surface area contributed by atoms with Gasteiger partial charge in [0.1, 0.15) is 5.54 Å². The standard InChI is InChI=1S/C13H12F3NO2/c1-11(19)6-12(7-11,17-8-18)9-2-4-10(5-3-9)13(14,15)16/h2-5,19H,6-7H2,1H3. The predicted octanol–water partition coefficient (Wildman–Crippen LogP) is 2.78. The minimum absolute atomic E-state index is 0.195. The van der Waals surface area contributed by atoms with Gasteiger partial charge in [-0.15, -0.1) is 0 Å². The molecule has 0 saturated heterocycles. The fourth-order valence-corrected chi connectivity index (χ4v) is 2.61. The molecular weight excluding hydrogens is 259 g/mol. The van der Waals surface area contributed by atoms with Gasteiger partial charge in [-0.25, -0.2) is 4.79 Å². The highest BCUT2D eigenvalue weighted by molar-refractivity contribution is 5.41. The number of aliphatic imine (C=N–C) groups is 1. The number of rotatable bonds is 2. The first-order chi connectivity index (χ1) is 8.69. The second kappa shape index (κ2) is 4.18. The summed E-state index contributed by atoms with van der Waals surface area (Å²) in [5.41, 5.74) is -2.18. The highest BCUT2D eigenvalue weighted by atomic mass is 19.4. The van der Waals surface area contributed by atoms with Gasteiger partial charge in [-0.2, -0.15) is 18.2 Å². The molecule has 3 nitrogen and oxygen atoms in total. The van der Waals surface area contributed by atoms with E-state index in [-0.39, 0.29) is 12.8 Å². The average molecular weight is 271 g/mol. The van der Waals surface area contributed by atoms with Crippen LogP contribution in [0.2, 0.25) is 0 Å². The lowest BCUT2D eigenvalue weighted by atomic mass is 9.63. The van der Waals surface area contributed by atoms with E-state index in [1.54, 1.807) is 6.92 Å². The van der Waals surface area contributed by atoms with E-state index in [0.29, 0.717) is 5.56 Å². The summed E-state index contributed by atoms with van der Waals surface area (Å²) in [4.78, 5) is 14.1. The summed E-state index contributed by atoms with van der Waals surface area (Å²) in [5, 5.41) is 9.75.